The van der Waals surface area contributed by atoms with Gasteiger partial charge in [-0.15, -0.1) is 0 Å². The first-order valence-electron chi connectivity index (χ1n) is 7.51. The van der Waals surface area contributed by atoms with Gasteiger partial charge in [-0.1, -0.05) is 30.3 Å². The summed E-state index contributed by atoms with van der Waals surface area (Å²) < 4.78 is 41.9. The van der Waals surface area contributed by atoms with Crippen LogP contribution in [0.5, 0.6) is 0 Å². The molecule has 0 radical (unpaired) electrons. The third kappa shape index (κ3) is 3.12. The molecule has 2 aromatic heterocycles. The topological polar surface area (TPSA) is 34.0 Å². The molecule has 0 saturated carbocycles. The molecule has 1 aromatic carbocycles. The van der Waals surface area contributed by atoms with Gasteiger partial charge in [-0.05, 0) is 20.2 Å². The van der Waals surface area contributed by atoms with Crippen LogP contribution in [-0.2, 0) is 12.7 Å². The highest BCUT2D eigenvalue weighted by molar-refractivity contribution is 5.94. The summed E-state index contributed by atoms with van der Waals surface area (Å²) in [6, 6.07) is 9.90. The second-order valence-corrected chi connectivity index (χ2v) is 5.80. The predicted molar refractivity (Wildman–Crippen MR) is 86.5 cm³/mol. The summed E-state index contributed by atoms with van der Waals surface area (Å²) in [5.74, 6) is 0. The highest BCUT2D eigenvalue weighted by atomic mass is 19.4. The third-order valence-electron chi connectivity index (χ3n) is 3.74. The lowest BCUT2D eigenvalue weighted by atomic mass is 10.1. The minimum absolute atomic E-state index is 0.0509. The molecule has 7 heteroatoms. The quantitative estimate of drug-likeness (QED) is 0.730. The monoisotopic (exact) mass is 334 g/mol. The van der Waals surface area contributed by atoms with E-state index in [1.165, 1.54) is 6.20 Å². The molecule has 2 heterocycles. The number of alkyl halides is 3. The summed E-state index contributed by atoms with van der Waals surface area (Å²) in [7, 11) is 3.80. The highest BCUT2D eigenvalue weighted by Crippen LogP contribution is 2.38. The Morgan fingerprint density at radius 1 is 1.08 bits per heavy atom. The van der Waals surface area contributed by atoms with Crippen molar-refractivity contribution >= 4 is 11.0 Å². The Kier molecular flexibility index (Phi) is 4.28. The molecule has 4 nitrogen and oxygen atoms in total. The molecule has 0 atom stereocenters. The van der Waals surface area contributed by atoms with Crippen molar-refractivity contribution in [1.29, 1.82) is 0 Å². The standard InChI is InChI=1S/C17H17F3N4/c1-23(2)10-11-24-16-14(13(8-9-21-16)17(18,19)20)15(22-24)12-6-4-3-5-7-12/h3-9H,10-11H2,1-2H3. The van der Waals surface area contributed by atoms with E-state index in [2.05, 4.69) is 10.1 Å². The number of benzene rings is 1. The fourth-order valence-electron chi connectivity index (χ4n) is 2.58. The zero-order valence-electron chi connectivity index (χ0n) is 13.4. The molecule has 0 bridgehead atoms. The van der Waals surface area contributed by atoms with Gasteiger partial charge in [0, 0.05) is 18.3 Å². The first-order valence-corrected chi connectivity index (χ1v) is 7.51. The molecule has 0 aliphatic carbocycles. The Balaban J connectivity index is 2.25. The van der Waals surface area contributed by atoms with E-state index < -0.39 is 11.7 Å². The third-order valence-corrected chi connectivity index (χ3v) is 3.74. The number of fused-ring (bicyclic) bond motifs is 1. The SMILES string of the molecule is CN(C)CCn1nc(-c2ccccc2)c2c(C(F)(F)F)ccnc21. The lowest BCUT2D eigenvalue weighted by Crippen LogP contribution is -2.19. The summed E-state index contributed by atoms with van der Waals surface area (Å²) in [6.07, 6.45) is -3.27. The van der Waals surface area contributed by atoms with Crippen LogP contribution in [0, 0.1) is 0 Å². The number of hydrogen-bond acceptors (Lipinski definition) is 3. The van der Waals surface area contributed by atoms with E-state index in [1.807, 2.05) is 25.1 Å². The van der Waals surface area contributed by atoms with Gasteiger partial charge >= 0.3 is 6.18 Å². The zero-order valence-corrected chi connectivity index (χ0v) is 13.4. The first-order chi connectivity index (χ1) is 11.4. The average Bonchev–Trinajstić information content (AvgIpc) is 2.91. The minimum Gasteiger partial charge on any atom is -0.308 e. The largest absolute Gasteiger partial charge is 0.417 e. The van der Waals surface area contributed by atoms with Crippen molar-refractivity contribution in [3.8, 4) is 11.3 Å². The van der Waals surface area contributed by atoms with Crippen molar-refractivity contribution in [2.24, 2.45) is 0 Å². The van der Waals surface area contributed by atoms with E-state index in [0.29, 0.717) is 24.3 Å². The maximum Gasteiger partial charge on any atom is 0.417 e. The maximum atomic E-state index is 13.5. The van der Waals surface area contributed by atoms with Gasteiger partial charge in [0.05, 0.1) is 17.5 Å². The van der Waals surface area contributed by atoms with Gasteiger partial charge in [0.15, 0.2) is 5.65 Å². The average molecular weight is 334 g/mol. The van der Waals surface area contributed by atoms with Gasteiger partial charge in [-0.25, -0.2) is 9.67 Å². The van der Waals surface area contributed by atoms with Crippen molar-refractivity contribution in [2.75, 3.05) is 20.6 Å². The van der Waals surface area contributed by atoms with E-state index >= 15 is 0 Å². The lowest BCUT2D eigenvalue weighted by Gasteiger charge is -2.10. The lowest BCUT2D eigenvalue weighted by molar-refractivity contribution is -0.136. The van der Waals surface area contributed by atoms with Crippen LogP contribution in [0.2, 0.25) is 0 Å². The Hall–Kier alpha value is -2.41. The molecule has 0 fully saturated rings. The van der Waals surface area contributed by atoms with Crippen molar-refractivity contribution in [2.45, 2.75) is 12.7 Å². The number of aromatic nitrogens is 3. The van der Waals surface area contributed by atoms with Crippen molar-refractivity contribution in [3.05, 3.63) is 48.2 Å². The number of hydrogen-bond donors (Lipinski definition) is 0. The molecule has 0 N–H and O–H groups in total. The molecule has 24 heavy (non-hydrogen) atoms. The van der Waals surface area contributed by atoms with Gasteiger partial charge in [-0.3, -0.25) is 0 Å². The molecule has 126 valence electrons. The van der Waals surface area contributed by atoms with Crippen LogP contribution in [0.15, 0.2) is 42.6 Å². The normalized spacial score (nSPS) is 12.2. The van der Waals surface area contributed by atoms with Crippen LogP contribution in [0.25, 0.3) is 22.3 Å². The fourth-order valence-corrected chi connectivity index (χ4v) is 2.58. The zero-order chi connectivity index (χ0) is 17.3. The molecule has 0 amide bonds. The highest BCUT2D eigenvalue weighted by Gasteiger charge is 2.35. The smallest absolute Gasteiger partial charge is 0.308 e. The molecule has 0 aliphatic rings. The van der Waals surface area contributed by atoms with Gasteiger partial charge in [0.1, 0.15) is 5.69 Å². The number of nitrogens with zero attached hydrogens (tertiary/aromatic N) is 4. The number of likely N-dealkylation sites (N-methyl/N-ethyl adjacent to an activating group) is 1. The Morgan fingerprint density at radius 3 is 2.42 bits per heavy atom. The molecule has 0 saturated heterocycles. The van der Waals surface area contributed by atoms with E-state index in [0.717, 1.165) is 6.07 Å². The summed E-state index contributed by atoms with van der Waals surface area (Å²) in [5, 5.41) is 4.48. The summed E-state index contributed by atoms with van der Waals surface area (Å²) in [6.45, 7) is 1.12. The van der Waals surface area contributed by atoms with E-state index in [-0.39, 0.29) is 11.0 Å². The molecule has 3 aromatic rings. The van der Waals surface area contributed by atoms with Crippen LogP contribution < -0.4 is 0 Å². The summed E-state index contributed by atoms with van der Waals surface area (Å²) in [4.78, 5) is 6.11. The molecular weight excluding hydrogens is 317 g/mol. The maximum absolute atomic E-state index is 13.5. The van der Waals surface area contributed by atoms with Gasteiger partial charge in [-0.2, -0.15) is 18.3 Å². The number of pyridine rings is 1. The first kappa shape index (κ1) is 16.4. The van der Waals surface area contributed by atoms with Crippen molar-refractivity contribution < 1.29 is 13.2 Å². The summed E-state index contributed by atoms with van der Waals surface area (Å²) >= 11 is 0. The van der Waals surface area contributed by atoms with Crippen LogP contribution in [0.1, 0.15) is 5.56 Å². The second-order valence-electron chi connectivity index (χ2n) is 5.80. The Morgan fingerprint density at radius 2 is 1.79 bits per heavy atom. The van der Waals surface area contributed by atoms with Crippen LogP contribution in [-0.4, -0.2) is 40.3 Å². The van der Waals surface area contributed by atoms with Crippen LogP contribution in [0.3, 0.4) is 0 Å². The van der Waals surface area contributed by atoms with Crippen LogP contribution in [0.4, 0.5) is 13.2 Å². The summed E-state index contributed by atoms with van der Waals surface area (Å²) in [5.41, 5.74) is 0.502. The number of halogens is 3. The van der Waals surface area contributed by atoms with Gasteiger partial charge in [0.2, 0.25) is 0 Å². The number of rotatable bonds is 4. The molecule has 0 unspecified atom stereocenters. The van der Waals surface area contributed by atoms with Gasteiger partial charge < -0.3 is 4.90 Å². The second kappa shape index (κ2) is 6.24. The van der Waals surface area contributed by atoms with E-state index in [4.69, 9.17) is 0 Å². The predicted octanol–water partition coefficient (Wildman–Crippen LogP) is 3.68. The van der Waals surface area contributed by atoms with E-state index in [9.17, 15) is 13.2 Å². The fraction of sp³-hybridized carbons (Fsp3) is 0.294. The van der Waals surface area contributed by atoms with Crippen LogP contribution >= 0.6 is 0 Å². The molecule has 0 spiro atoms. The van der Waals surface area contributed by atoms with Crippen molar-refractivity contribution in [3.63, 3.8) is 0 Å². The van der Waals surface area contributed by atoms with E-state index in [1.54, 1.807) is 28.9 Å². The Bertz CT molecular complexity index is 838. The van der Waals surface area contributed by atoms with Crippen molar-refractivity contribution in [1.82, 2.24) is 19.7 Å². The molecular formula is C17H17F3N4. The van der Waals surface area contributed by atoms with Gasteiger partial charge in [0.25, 0.3) is 0 Å². The Labute approximate surface area is 137 Å². The molecule has 0 aliphatic heterocycles. The molecule has 3 rings (SSSR count). The minimum atomic E-state index is -4.46.